The van der Waals surface area contributed by atoms with E-state index >= 15 is 0 Å². The minimum absolute atomic E-state index is 0.132. The third-order valence-corrected chi connectivity index (χ3v) is 1.45. The number of ether oxygens (including phenoxy) is 1. The third-order valence-electron chi connectivity index (χ3n) is 1.45. The first-order chi connectivity index (χ1) is 7.02. The Morgan fingerprint density at radius 2 is 2.20 bits per heavy atom. The zero-order valence-electron chi connectivity index (χ0n) is 8.43. The van der Waals surface area contributed by atoms with Crippen LogP contribution in [0.1, 0.15) is 13.3 Å². The maximum atomic E-state index is 10.7. The lowest BCUT2D eigenvalue weighted by Gasteiger charge is -2.04. The fraction of sp³-hybridized carbons (Fsp3) is 0.444. The highest BCUT2D eigenvalue weighted by Crippen LogP contribution is 2.03. The number of carbonyl (C=O) groups is 3. The van der Waals surface area contributed by atoms with Crippen molar-refractivity contribution in [3.05, 3.63) is 12.7 Å². The number of carbonyl (C=O) groups excluding carboxylic acids is 2. The standard InChI is InChI=1S/C6H7NO3.C3H6O2/c1-2-3-7-5(8)4-10-6(7)9;1-2-3(4)5/h2H,1,3-4H2;2H2,1H3,(H,4,5). The smallest absolute Gasteiger partial charge is 0.417 e. The molecular weight excluding hydrogens is 202 g/mol. The molecule has 0 saturated carbocycles. The average molecular weight is 215 g/mol. The molecule has 2 amide bonds. The lowest BCUT2D eigenvalue weighted by atomic mass is 10.5. The zero-order valence-corrected chi connectivity index (χ0v) is 8.43. The molecule has 1 N–H and O–H groups in total. The van der Waals surface area contributed by atoms with Gasteiger partial charge in [-0.05, 0) is 0 Å². The molecule has 0 atom stereocenters. The summed E-state index contributed by atoms with van der Waals surface area (Å²) in [4.78, 5) is 31.7. The van der Waals surface area contributed by atoms with Crippen molar-refractivity contribution in [3.63, 3.8) is 0 Å². The molecule has 15 heavy (non-hydrogen) atoms. The molecule has 1 heterocycles. The number of hydrogen-bond donors (Lipinski definition) is 1. The predicted octanol–water partition coefficient (Wildman–Crippen LogP) is 0.632. The van der Waals surface area contributed by atoms with Gasteiger partial charge in [-0.3, -0.25) is 9.59 Å². The SMILES string of the molecule is C=CCN1C(=O)COC1=O.CCC(=O)O. The molecule has 0 spiro atoms. The summed E-state index contributed by atoms with van der Waals surface area (Å²) in [6, 6.07) is 0. The Morgan fingerprint density at radius 3 is 2.47 bits per heavy atom. The van der Waals surface area contributed by atoms with Gasteiger partial charge in [-0.15, -0.1) is 6.58 Å². The Balaban J connectivity index is 0.000000336. The van der Waals surface area contributed by atoms with Crippen molar-refractivity contribution in [3.8, 4) is 0 Å². The van der Waals surface area contributed by atoms with Crippen LogP contribution in [0.4, 0.5) is 4.79 Å². The Bertz CT molecular complexity index is 258. The summed E-state index contributed by atoms with van der Waals surface area (Å²) in [6.45, 7) is 5.09. The van der Waals surface area contributed by atoms with E-state index in [0.29, 0.717) is 0 Å². The highest BCUT2D eigenvalue weighted by Gasteiger charge is 2.29. The van der Waals surface area contributed by atoms with Crippen LogP contribution in [-0.2, 0) is 14.3 Å². The predicted molar refractivity (Wildman–Crippen MR) is 51.2 cm³/mol. The number of rotatable bonds is 3. The van der Waals surface area contributed by atoms with Crippen LogP contribution in [0.5, 0.6) is 0 Å². The van der Waals surface area contributed by atoms with Gasteiger partial charge < -0.3 is 9.84 Å². The van der Waals surface area contributed by atoms with E-state index in [0.717, 1.165) is 4.90 Å². The third kappa shape index (κ3) is 4.80. The van der Waals surface area contributed by atoms with E-state index in [-0.39, 0.29) is 25.5 Å². The summed E-state index contributed by atoms with van der Waals surface area (Å²) in [5.74, 6) is -1.05. The molecule has 1 saturated heterocycles. The number of nitrogens with zero attached hydrogens (tertiary/aromatic N) is 1. The van der Waals surface area contributed by atoms with Gasteiger partial charge in [0, 0.05) is 13.0 Å². The molecular formula is C9H13NO5. The van der Waals surface area contributed by atoms with E-state index in [1.54, 1.807) is 6.92 Å². The van der Waals surface area contributed by atoms with Gasteiger partial charge in [0.2, 0.25) is 0 Å². The Kier molecular flexibility index (Phi) is 5.77. The first-order valence-electron chi connectivity index (χ1n) is 4.32. The molecule has 6 heteroatoms. The molecule has 0 aliphatic carbocycles. The molecule has 1 aliphatic rings. The van der Waals surface area contributed by atoms with E-state index in [1.165, 1.54) is 6.08 Å². The van der Waals surface area contributed by atoms with Crippen LogP contribution in [0.2, 0.25) is 0 Å². The first kappa shape index (κ1) is 13.2. The molecule has 0 radical (unpaired) electrons. The average Bonchev–Trinajstić information content (AvgIpc) is 2.51. The molecule has 0 bridgehead atoms. The van der Waals surface area contributed by atoms with Gasteiger partial charge in [0.15, 0.2) is 6.61 Å². The molecule has 6 nitrogen and oxygen atoms in total. The maximum Gasteiger partial charge on any atom is 0.417 e. The van der Waals surface area contributed by atoms with Crippen molar-refractivity contribution in [1.29, 1.82) is 0 Å². The molecule has 1 rings (SSSR count). The zero-order chi connectivity index (χ0) is 11.8. The Labute approximate surface area is 87.1 Å². The van der Waals surface area contributed by atoms with E-state index in [2.05, 4.69) is 11.3 Å². The summed E-state index contributed by atoms with van der Waals surface area (Å²) in [7, 11) is 0. The van der Waals surface area contributed by atoms with E-state index < -0.39 is 12.1 Å². The van der Waals surface area contributed by atoms with Gasteiger partial charge >= 0.3 is 12.1 Å². The fourth-order valence-corrected chi connectivity index (χ4v) is 0.687. The Hall–Kier alpha value is -1.85. The minimum Gasteiger partial charge on any atom is -0.481 e. The molecule has 0 aromatic rings. The van der Waals surface area contributed by atoms with Gasteiger partial charge in [-0.25, -0.2) is 9.69 Å². The number of aliphatic carboxylic acids is 1. The van der Waals surface area contributed by atoms with Crippen LogP contribution in [0.15, 0.2) is 12.7 Å². The van der Waals surface area contributed by atoms with Gasteiger partial charge in [-0.1, -0.05) is 13.0 Å². The molecule has 0 unspecified atom stereocenters. The van der Waals surface area contributed by atoms with Gasteiger partial charge in [0.1, 0.15) is 0 Å². The molecule has 1 aliphatic heterocycles. The lowest BCUT2D eigenvalue weighted by molar-refractivity contribution is -0.136. The summed E-state index contributed by atoms with van der Waals surface area (Å²) in [5.41, 5.74) is 0. The van der Waals surface area contributed by atoms with E-state index in [4.69, 9.17) is 5.11 Å². The van der Waals surface area contributed by atoms with Crippen molar-refractivity contribution >= 4 is 18.0 Å². The largest absolute Gasteiger partial charge is 0.481 e. The number of carboxylic acid groups (broad SMARTS) is 1. The lowest BCUT2D eigenvalue weighted by Crippen LogP contribution is -2.28. The van der Waals surface area contributed by atoms with E-state index in [9.17, 15) is 14.4 Å². The number of carboxylic acids is 1. The number of hydrogen-bond acceptors (Lipinski definition) is 4. The summed E-state index contributed by atoms with van der Waals surface area (Å²) >= 11 is 0. The second-order valence-corrected chi connectivity index (χ2v) is 2.59. The molecule has 0 aromatic carbocycles. The quantitative estimate of drug-likeness (QED) is 0.698. The fourth-order valence-electron chi connectivity index (χ4n) is 0.687. The van der Waals surface area contributed by atoms with Crippen molar-refractivity contribution in [1.82, 2.24) is 4.90 Å². The number of imide groups is 1. The van der Waals surface area contributed by atoms with Crippen LogP contribution in [0, 0.1) is 0 Å². The highest BCUT2D eigenvalue weighted by molar-refractivity contribution is 5.97. The van der Waals surface area contributed by atoms with Crippen molar-refractivity contribution in [2.24, 2.45) is 0 Å². The molecule has 1 fully saturated rings. The van der Waals surface area contributed by atoms with Gasteiger partial charge in [-0.2, -0.15) is 0 Å². The second kappa shape index (κ2) is 6.58. The van der Waals surface area contributed by atoms with Gasteiger partial charge in [0.25, 0.3) is 5.91 Å². The topological polar surface area (TPSA) is 83.9 Å². The van der Waals surface area contributed by atoms with Crippen molar-refractivity contribution in [2.45, 2.75) is 13.3 Å². The highest BCUT2D eigenvalue weighted by atomic mass is 16.6. The molecule has 0 aromatic heterocycles. The van der Waals surface area contributed by atoms with Crippen LogP contribution >= 0.6 is 0 Å². The van der Waals surface area contributed by atoms with Crippen LogP contribution in [0.25, 0.3) is 0 Å². The minimum atomic E-state index is -0.745. The maximum absolute atomic E-state index is 10.7. The Morgan fingerprint density at radius 1 is 1.67 bits per heavy atom. The number of cyclic esters (lactones) is 1. The second-order valence-electron chi connectivity index (χ2n) is 2.59. The number of amides is 2. The van der Waals surface area contributed by atoms with E-state index in [1.807, 2.05) is 0 Å². The van der Waals surface area contributed by atoms with Gasteiger partial charge in [0.05, 0.1) is 0 Å². The first-order valence-corrected chi connectivity index (χ1v) is 4.32. The van der Waals surface area contributed by atoms with Crippen molar-refractivity contribution < 1.29 is 24.2 Å². The molecule has 84 valence electrons. The normalized spacial score (nSPS) is 14.1. The summed E-state index contributed by atoms with van der Waals surface area (Å²) in [5, 5.41) is 7.72. The van der Waals surface area contributed by atoms with Crippen LogP contribution < -0.4 is 0 Å². The van der Waals surface area contributed by atoms with Crippen LogP contribution in [-0.4, -0.2) is 41.1 Å². The monoisotopic (exact) mass is 215 g/mol. The summed E-state index contributed by atoms with van der Waals surface area (Å²) < 4.78 is 4.42. The summed E-state index contributed by atoms with van der Waals surface area (Å²) in [6.07, 6.45) is 1.12. The van der Waals surface area contributed by atoms with Crippen molar-refractivity contribution in [2.75, 3.05) is 13.2 Å². The van der Waals surface area contributed by atoms with Crippen LogP contribution in [0.3, 0.4) is 0 Å².